The van der Waals surface area contributed by atoms with Crippen LogP contribution in [0.15, 0.2) is 46.7 Å². The van der Waals surface area contributed by atoms with E-state index < -0.39 is 10.0 Å². The molecule has 1 saturated heterocycles. The van der Waals surface area contributed by atoms with Crippen LogP contribution in [0.1, 0.15) is 17.8 Å². The van der Waals surface area contributed by atoms with E-state index in [2.05, 4.69) is 15.5 Å². The summed E-state index contributed by atoms with van der Waals surface area (Å²) in [4.78, 5) is 27.1. The number of amides is 2. The molecule has 11 heteroatoms. The van der Waals surface area contributed by atoms with Crippen molar-refractivity contribution in [3.05, 3.63) is 46.7 Å². The number of ether oxygens (including phenoxy) is 1. The largest absolute Gasteiger partial charge is 0.379 e. The summed E-state index contributed by atoms with van der Waals surface area (Å²) in [5.74, 6) is -0.618. The molecule has 3 rings (SSSR count). The Morgan fingerprint density at radius 3 is 2.47 bits per heavy atom. The Hall–Kier alpha value is -2.31. The summed E-state index contributed by atoms with van der Waals surface area (Å²) >= 11 is 1.63. The van der Waals surface area contributed by atoms with Gasteiger partial charge in [-0.05, 0) is 35.7 Å². The normalized spacial score (nSPS) is 16.0. The first-order chi connectivity index (χ1) is 15.3. The molecule has 1 aromatic heterocycles. The zero-order valence-electron chi connectivity index (χ0n) is 18.1. The summed E-state index contributed by atoms with van der Waals surface area (Å²) in [6.07, 6.45) is 0. The van der Waals surface area contributed by atoms with Crippen molar-refractivity contribution in [1.29, 1.82) is 0 Å². The Labute approximate surface area is 192 Å². The molecule has 2 amide bonds. The molecule has 0 bridgehead atoms. The Morgan fingerprint density at radius 1 is 1.19 bits per heavy atom. The van der Waals surface area contributed by atoms with Gasteiger partial charge >= 0.3 is 0 Å². The number of hydrogen-bond acceptors (Lipinski definition) is 7. The molecule has 2 N–H and O–H groups in total. The molecule has 2 aromatic rings. The third-order valence-corrected chi connectivity index (χ3v) is 7.89. The van der Waals surface area contributed by atoms with E-state index in [1.807, 2.05) is 17.5 Å². The first kappa shape index (κ1) is 24.3. The predicted octanol–water partition coefficient (Wildman–Crippen LogP) is 1.52. The Bertz CT molecular complexity index is 1000. The predicted molar refractivity (Wildman–Crippen MR) is 123 cm³/mol. The van der Waals surface area contributed by atoms with E-state index in [4.69, 9.17) is 4.74 Å². The molecular formula is C21H28N4O5S2. The van der Waals surface area contributed by atoms with Crippen LogP contribution < -0.4 is 10.6 Å². The fourth-order valence-corrected chi connectivity index (χ4v) is 5.41. The van der Waals surface area contributed by atoms with Crippen LogP contribution in [0.4, 0.5) is 5.69 Å². The van der Waals surface area contributed by atoms with Crippen molar-refractivity contribution < 1.29 is 22.7 Å². The molecule has 1 aromatic carbocycles. The van der Waals surface area contributed by atoms with Gasteiger partial charge in [0.15, 0.2) is 0 Å². The molecule has 1 aliphatic rings. The number of rotatable bonds is 9. The van der Waals surface area contributed by atoms with Crippen molar-refractivity contribution in [1.82, 2.24) is 14.5 Å². The molecule has 1 fully saturated rings. The highest BCUT2D eigenvalue weighted by Crippen LogP contribution is 2.25. The molecule has 9 nitrogen and oxygen atoms in total. The average molecular weight is 481 g/mol. The summed E-state index contributed by atoms with van der Waals surface area (Å²) in [6.45, 7) is 4.32. The van der Waals surface area contributed by atoms with E-state index in [9.17, 15) is 18.0 Å². The molecule has 0 unspecified atom stereocenters. The van der Waals surface area contributed by atoms with E-state index in [0.29, 0.717) is 25.4 Å². The maximum absolute atomic E-state index is 12.8. The standard InChI is InChI=1S/C21H28N4O5S2/c1-16(26)23-17-5-7-18(8-6-17)32(28,29)24(2)15-21(27)22-14-19(20-4-3-13-31-20)25-9-11-30-12-10-25/h3-8,13,19H,9-12,14-15H2,1-2H3,(H,22,27)(H,23,26)/t19-/m0/s1. The van der Waals surface area contributed by atoms with Gasteiger partial charge in [0.1, 0.15) is 0 Å². The zero-order valence-corrected chi connectivity index (χ0v) is 19.7. The molecule has 1 atom stereocenters. The number of morpholine rings is 1. The number of hydrogen-bond donors (Lipinski definition) is 2. The van der Waals surface area contributed by atoms with E-state index >= 15 is 0 Å². The van der Waals surface area contributed by atoms with Gasteiger partial charge < -0.3 is 15.4 Å². The Balaban J connectivity index is 1.59. The van der Waals surface area contributed by atoms with Gasteiger partial charge in [-0.15, -0.1) is 11.3 Å². The summed E-state index contributed by atoms with van der Waals surface area (Å²) < 4.78 is 32.1. The number of likely N-dealkylation sites (N-methyl/N-ethyl adjacent to an activating group) is 1. The molecule has 0 aliphatic carbocycles. The second kappa shape index (κ2) is 11.0. The van der Waals surface area contributed by atoms with Gasteiger partial charge in [-0.2, -0.15) is 4.31 Å². The number of nitrogens with one attached hydrogen (secondary N) is 2. The second-order valence-electron chi connectivity index (χ2n) is 7.45. The lowest BCUT2D eigenvalue weighted by molar-refractivity contribution is -0.121. The first-order valence-corrected chi connectivity index (χ1v) is 12.6. The molecule has 0 radical (unpaired) electrons. The highest BCUT2D eigenvalue weighted by molar-refractivity contribution is 7.89. The molecule has 0 saturated carbocycles. The van der Waals surface area contributed by atoms with Gasteiger partial charge in [0, 0.05) is 44.2 Å². The van der Waals surface area contributed by atoms with Crippen molar-refractivity contribution in [2.24, 2.45) is 0 Å². The van der Waals surface area contributed by atoms with Crippen LogP contribution in [0, 0.1) is 0 Å². The van der Waals surface area contributed by atoms with E-state index in [1.54, 1.807) is 11.3 Å². The number of sulfonamides is 1. The van der Waals surface area contributed by atoms with Crippen molar-refractivity contribution in [3.8, 4) is 0 Å². The molecule has 0 spiro atoms. The van der Waals surface area contributed by atoms with Gasteiger partial charge in [-0.25, -0.2) is 8.42 Å². The molecule has 32 heavy (non-hydrogen) atoms. The van der Waals surface area contributed by atoms with Crippen molar-refractivity contribution in [2.45, 2.75) is 17.9 Å². The number of thiophene rings is 1. The third-order valence-electron chi connectivity index (χ3n) is 5.10. The molecule has 174 valence electrons. The topological polar surface area (TPSA) is 108 Å². The van der Waals surface area contributed by atoms with Crippen LogP contribution >= 0.6 is 11.3 Å². The monoisotopic (exact) mass is 480 g/mol. The summed E-state index contributed by atoms with van der Waals surface area (Å²) in [5.41, 5.74) is 0.500. The lowest BCUT2D eigenvalue weighted by Gasteiger charge is -2.34. The maximum atomic E-state index is 12.8. The summed E-state index contributed by atoms with van der Waals surface area (Å²) in [5, 5.41) is 7.48. The SMILES string of the molecule is CC(=O)Nc1ccc(S(=O)(=O)N(C)CC(=O)NC[C@@H](c2cccs2)N2CCOCC2)cc1. The third kappa shape index (κ3) is 6.36. The highest BCUT2D eigenvalue weighted by atomic mass is 32.2. The minimum atomic E-state index is -3.85. The second-order valence-corrected chi connectivity index (χ2v) is 10.5. The fourth-order valence-electron chi connectivity index (χ4n) is 3.43. The average Bonchev–Trinajstić information content (AvgIpc) is 3.29. The fraction of sp³-hybridized carbons (Fsp3) is 0.429. The smallest absolute Gasteiger partial charge is 0.243 e. The van der Waals surface area contributed by atoms with Crippen molar-refractivity contribution in [2.75, 3.05) is 51.8 Å². The lowest BCUT2D eigenvalue weighted by Crippen LogP contribution is -2.45. The number of carbonyl (C=O) groups excluding carboxylic acids is 2. The maximum Gasteiger partial charge on any atom is 0.243 e. The number of anilines is 1. The quantitative estimate of drug-likeness (QED) is 0.563. The van der Waals surface area contributed by atoms with E-state index in [0.717, 1.165) is 22.3 Å². The zero-order chi connectivity index (χ0) is 23.1. The van der Waals surface area contributed by atoms with Crippen molar-refractivity contribution in [3.63, 3.8) is 0 Å². The lowest BCUT2D eigenvalue weighted by atomic mass is 10.2. The number of carbonyl (C=O) groups is 2. The Morgan fingerprint density at radius 2 is 1.88 bits per heavy atom. The highest BCUT2D eigenvalue weighted by Gasteiger charge is 2.26. The van der Waals surface area contributed by atoms with Crippen molar-refractivity contribution >= 4 is 38.9 Å². The minimum absolute atomic E-state index is 0.0195. The van der Waals surface area contributed by atoms with E-state index in [1.165, 1.54) is 38.2 Å². The Kier molecular flexibility index (Phi) is 8.38. The number of benzene rings is 1. The van der Waals surface area contributed by atoms with Crippen LogP contribution in [0.2, 0.25) is 0 Å². The van der Waals surface area contributed by atoms with Gasteiger partial charge in [0.05, 0.1) is 30.7 Å². The minimum Gasteiger partial charge on any atom is -0.379 e. The van der Waals surface area contributed by atoms with Gasteiger partial charge in [0.25, 0.3) is 0 Å². The first-order valence-electron chi connectivity index (χ1n) is 10.2. The van der Waals surface area contributed by atoms with Gasteiger partial charge in [-0.1, -0.05) is 6.07 Å². The summed E-state index contributed by atoms with van der Waals surface area (Å²) in [7, 11) is -2.48. The van der Waals surface area contributed by atoms with Crippen LogP contribution in [-0.2, 0) is 24.3 Å². The van der Waals surface area contributed by atoms with E-state index in [-0.39, 0.29) is 29.3 Å². The van der Waals surface area contributed by atoms with Gasteiger partial charge in [0.2, 0.25) is 21.8 Å². The van der Waals surface area contributed by atoms with Crippen LogP contribution in [-0.4, -0.2) is 75.9 Å². The molecular weight excluding hydrogens is 452 g/mol. The van der Waals surface area contributed by atoms with Crippen LogP contribution in [0.3, 0.4) is 0 Å². The molecule has 1 aliphatic heterocycles. The molecule has 2 heterocycles. The van der Waals surface area contributed by atoms with Crippen LogP contribution in [0.25, 0.3) is 0 Å². The number of nitrogens with zero attached hydrogens (tertiary/aromatic N) is 2. The summed E-state index contributed by atoms with van der Waals surface area (Å²) in [6, 6.07) is 9.86. The van der Waals surface area contributed by atoms with Gasteiger partial charge in [-0.3, -0.25) is 14.5 Å². The van der Waals surface area contributed by atoms with Crippen LogP contribution in [0.5, 0.6) is 0 Å².